The fourth-order valence-corrected chi connectivity index (χ4v) is 5.33. The van der Waals surface area contributed by atoms with Crippen LogP contribution in [0.1, 0.15) is 17.5 Å². The molecule has 0 radical (unpaired) electrons. The molecule has 6 nitrogen and oxygen atoms in total. The van der Waals surface area contributed by atoms with Crippen molar-refractivity contribution in [3.05, 3.63) is 23.3 Å². The third-order valence-corrected chi connectivity index (χ3v) is 7.59. The van der Waals surface area contributed by atoms with Gasteiger partial charge in [0.05, 0.1) is 12.4 Å². The molecule has 0 bridgehead atoms. The zero-order valence-electron chi connectivity index (χ0n) is 13.2. The average molecular weight is 347 g/mol. The van der Waals surface area contributed by atoms with Crippen molar-refractivity contribution in [2.45, 2.75) is 30.4 Å². The van der Waals surface area contributed by atoms with E-state index in [-0.39, 0.29) is 23.7 Å². The van der Waals surface area contributed by atoms with E-state index in [4.69, 9.17) is 4.74 Å². The molecular formula is C14H21NO5S2. The number of hydrogen-bond donors (Lipinski definition) is 0. The van der Waals surface area contributed by atoms with Crippen LogP contribution >= 0.6 is 0 Å². The van der Waals surface area contributed by atoms with Gasteiger partial charge in [-0.2, -0.15) is 4.31 Å². The first-order valence-corrected chi connectivity index (χ1v) is 10.3. The summed E-state index contributed by atoms with van der Waals surface area (Å²) in [7, 11) is -5.59. The fourth-order valence-electron chi connectivity index (χ4n) is 2.53. The smallest absolute Gasteiger partial charge is 0.246 e. The zero-order chi connectivity index (χ0) is 16.7. The molecule has 1 saturated heterocycles. The zero-order valence-corrected chi connectivity index (χ0v) is 14.8. The van der Waals surface area contributed by atoms with E-state index >= 15 is 0 Å². The SMILES string of the molecule is COc1cc(C)c(C)cc1S(=O)(=O)N1CCC(S(C)(=O)=O)C1. The van der Waals surface area contributed by atoms with E-state index in [1.807, 2.05) is 13.8 Å². The largest absolute Gasteiger partial charge is 0.495 e. The molecule has 2 rings (SSSR count). The Bertz CT molecular complexity index is 784. The summed E-state index contributed by atoms with van der Waals surface area (Å²) in [6, 6.07) is 3.27. The first-order chi connectivity index (χ1) is 10.1. The van der Waals surface area contributed by atoms with E-state index in [1.165, 1.54) is 11.4 Å². The molecule has 0 spiro atoms. The highest BCUT2D eigenvalue weighted by atomic mass is 32.2. The first-order valence-electron chi connectivity index (χ1n) is 6.91. The lowest BCUT2D eigenvalue weighted by molar-refractivity contribution is 0.398. The lowest BCUT2D eigenvalue weighted by Gasteiger charge is -2.19. The highest BCUT2D eigenvalue weighted by molar-refractivity contribution is 7.91. The second-order valence-electron chi connectivity index (χ2n) is 5.69. The highest BCUT2D eigenvalue weighted by Gasteiger charge is 2.38. The van der Waals surface area contributed by atoms with Gasteiger partial charge in [-0.25, -0.2) is 16.8 Å². The summed E-state index contributed by atoms with van der Waals surface area (Å²) in [6.07, 6.45) is 1.47. The summed E-state index contributed by atoms with van der Waals surface area (Å²) >= 11 is 0. The second kappa shape index (κ2) is 5.82. The van der Waals surface area contributed by atoms with Gasteiger partial charge < -0.3 is 4.74 Å². The first kappa shape index (κ1) is 17.2. The van der Waals surface area contributed by atoms with Gasteiger partial charge in [-0.05, 0) is 43.5 Å². The lowest BCUT2D eigenvalue weighted by Crippen LogP contribution is -2.32. The van der Waals surface area contributed by atoms with Crippen molar-refractivity contribution in [3.63, 3.8) is 0 Å². The van der Waals surface area contributed by atoms with E-state index in [0.717, 1.165) is 17.4 Å². The molecule has 1 aliphatic rings. The van der Waals surface area contributed by atoms with Gasteiger partial charge in [-0.15, -0.1) is 0 Å². The van der Waals surface area contributed by atoms with Gasteiger partial charge in [0.15, 0.2) is 9.84 Å². The topological polar surface area (TPSA) is 80.8 Å². The Morgan fingerprint density at radius 2 is 1.73 bits per heavy atom. The number of methoxy groups -OCH3 is 1. The van der Waals surface area contributed by atoms with Crippen LogP contribution in [0.15, 0.2) is 17.0 Å². The van der Waals surface area contributed by atoms with Gasteiger partial charge in [0, 0.05) is 19.3 Å². The van der Waals surface area contributed by atoms with Gasteiger partial charge in [0.1, 0.15) is 10.6 Å². The van der Waals surface area contributed by atoms with Crippen LogP contribution in [0.3, 0.4) is 0 Å². The average Bonchev–Trinajstić information content (AvgIpc) is 2.91. The van der Waals surface area contributed by atoms with Crippen LogP contribution in [0.5, 0.6) is 5.75 Å². The standard InChI is InChI=1S/C14H21NO5S2/c1-10-7-13(20-3)14(8-11(10)2)22(18,19)15-6-5-12(9-15)21(4,16)17/h7-8,12H,5-6,9H2,1-4H3. The van der Waals surface area contributed by atoms with Crippen LogP contribution in [-0.4, -0.2) is 52.8 Å². The summed E-state index contributed by atoms with van der Waals surface area (Å²) in [4.78, 5) is 0.0900. The molecule has 0 saturated carbocycles. The van der Waals surface area contributed by atoms with Gasteiger partial charge in [-0.3, -0.25) is 0 Å². The van der Waals surface area contributed by atoms with Crippen LogP contribution in [0, 0.1) is 13.8 Å². The lowest BCUT2D eigenvalue weighted by atomic mass is 10.1. The van der Waals surface area contributed by atoms with Crippen molar-refractivity contribution in [3.8, 4) is 5.75 Å². The summed E-state index contributed by atoms with van der Waals surface area (Å²) in [5.74, 6) is 0.283. The van der Waals surface area contributed by atoms with Crippen molar-refractivity contribution in [2.75, 3.05) is 26.5 Å². The maximum absolute atomic E-state index is 12.8. The van der Waals surface area contributed by atoms with Crippen molar-refractivity contribution in [2.24, 2.45) is 0 Å². The van der Waals surface area contributed by atoms with Crippen LogP contribution in [0.25, 0.3) is 0 Å². The number of rotatable bonds is 4. The Morgan fingerprint density at radius 1 is 1.14 bits per heavy atom. The second-order valence-corrected chi connectivity index (χ2v) is 9.92. The van der Waals surface area contributed by atoms with Gasteiger partial charge in [0.2, 0.25) is 10.0 Å². The van der Waals surface area contributed by atoms with E-state index in [2.05, 4.69) is 0 Å². The number of benzene rings is 1. The Balaban J connectivity index is 2.42. The van der Waals surface area contributed by atoms with Crippen molar-refractivity contribution in [1.82, 2.24) is 4.31 Å². The van der Waals surface area contributed by atoms with Gasteiger partial charge >= 0.3 is 0 Å². The number of hydrogen-bond acceptors (Lipinski definition) is 5. The van der Waals surface area contributed by atoms with Crippen LogP contribution in [0.4, 0.5) is 0 Å². The quantitative estimate of drug-likeness (QED) is 0.815. The molecule has 1 aliphatic heterocycles. The molecule has 1 aromatic rings. The van der Waals surface area contributed by atoms with E-state index in [9.17, 15) is 16.8 Å². The molecule has 22 heavy (non-hydrogen) atoms. The van der Waals surface area contributed by atoms with Gasteiger partial charge in [-0.1, -0.05) is 0 Å². The number of sulfone groups is 1. The third kappa shape index (κ3) is 3.13. The molecule has 0 aliphatic carbocycles. The van der Waals surface area contributed by atoms with Gasteiger partial charge in [0.25, 0.3) is 0 Å². The van der Waals surface area contributed by atoms with E-state index in [1.54, 1.807) is 12.1 Å². The normalized spacial score (nSPS) is 20.3. The number of sulfonamides is 1. The Kier molecular flexibility index (Phi) is 4.56. The van der Waals surface area contributed by atoms with Crippen LogP contribution in [0.2, 0.25) is 0 Å². The minimum absolute atomic E-state index is 0.00273. The molecular weight excluding hydrogens is 326 g/mol. The Morgan fingerprint density at radius 3 is 2.23 bits per heavy atom. The molecule has 1 heterocycles. The monoisotopic (exact) mass is 347 g/mol. The maximum Gasteiger partial charge on any atom is 0.246 e. The fraction of sp³-hybridized carbons (Fsp3) is 0.571. The summed E-state index contributed by atoms with van der Waals surface area (Å²) in [6.45, 7) is 3.91. The molecule has 1 unspecified atom stereocenters. The molecule has 1 aromatic carbocycles. The Labute approximate surface area is 132 Å². The summed E-state index contributed by atoms with van der Waals surface area (Å²) in [5.41, 5.74) is 1.78. The molecule has 0 amide bonds. The molecule has 1 fully saturated rings. The minimum Gasteiger partial charge on any atom is -0.495 e. The predicted molar refractivity (Wildman–Crippen MR) is 84.5 cm³/mol. The maximum atomic E-state index is 12.8. The molecule has 0 aromatic heterocycles. The van der Waals surface area contributed by atoms with Crippen molar-refractivity contribution >= 4 is 19.9 Å². The van der Waals surface area contributed by atoms with Crippen molar-refractivity contribution < 1.29 is 21.6 Å². The summed E-state index contributed by atoms with van der Waals surface area (Å²) < 4.78 is 55.3. The van der Waals surface area contributed by atoms with Crippen molar-refractivity contribution in [1.29, 1.82) is 0 Å². The van der Waals surface area contributed by atoms with Crippen LogP contribution < -0.4 is 4.74 Å². The van der Waals surface area contributed by atoms with Crippen LogP contribution in [-0.2, 0) is 19.9 Å². The van der Waals surface area contributed by atoms with E-state index < -0.39 is 25.1 Å². The van der Waals surface area contributed by atoms with E-state index in [0.29, 0.717) is 6.42 Å². The molecule has 0 N–H and O–H groups in total. The molecule has 1 atom stereocenters. The number of nitrogens with zero attached hydrogens (tertiary/aromatic N) is 1. The Hall–Kier alpha value is -1.12. The third-order valence-electron chi connectivity index (χ3n) is 4.11. The number of ether oxygens (including phenoxy) is 1. The minimum atomic E-state index is -3.77. The molecule has 124 valence electrons. The predicted octanol–water partition coefficient (Wildman–Crippen LogP) is 1.12. The highest BCUT2D eigenvalue weighted by Crippen LogP contribution is 2.32. The molecule has 8 heteroatoms. The number of aryl methyl sites for hydroxylation is 2. The summed E-state index contributed by atoms with van der Waals surface area (Å²) in [5, 5.41) is -0.639.